The first-order valence-electron chi connectivity index (χ1n) is 8.45. The van der Waals surface area contributed by atoms with Gasteiger partial charge in [0.25, 0.3) is 0 Å². The van der Waals surface area contributed by atoms with Crippen LogP contribution in [0.4, 0.5) is 0 Å². The van der Waals surface area contributed by atoms with Gasteiger partial charge in [-0.3, -0.25) is 4.90 Å². The Bertz CT molecular complexity index is 605. The molecule has 0 aromatic heterocycles. The zero-order chi connectivity index (χ0) is 15.2. The van der Waals surface area contributed by atoms with Crippen LogP contribution < -0.4 is 10.1 Å². The van der Waals surface area contributed by atoms with Crippen LogP contribution in [0, 0.1) is 0 Å². The second kappa shape index (κ2) is 7.61. The van der Waals surface area contributed by atoms with Crippen LogP contribution in [-0.2, 0) is 6.54 Å². The summed E-state index contributed by atoms with van der Waals surface area (Å²) in [6.07, 6.45) is 2.67. The average molecular weight is 298 g/mol. The molecule has 1 saturated heterocycles. The van der Waals surface area contributed by atoms with Gasteiger partial charge < -0.3 is 10.1 Å². The molecule has 0 unspecified atom stereocenters. The second-order valence-electron chi connectivity index (χ2n) is 5.94. The Balaban J connectivity index is 1.74. The largest absolute Gasteiger partial charge is 0.492 e. The average Bonchev–Trinajstić information content (AvgIpc) is 3.07. The Morgan fingerprint density at radius 3 is 2.73 bits per heavy atom. The summed E-state index contributed by atoms with van der Waals surface area (Å²) in [5, 5.41) is 6.01. The predicted octanol–water partition coefficient (Wildman–Crippen LogP) is 3.42. The molecule has 1 N–H and O–H groups in total. The summed E-state index contributed by atoms with van der Waals surface area (Å²) in [5.74, 6) is 1.03. The Labute approximate surface area is 133 Å². The predicted molar refractivity (Wildman–Crippen MR) is 92.5 cm³/mol. The third kappa shape index (κ3) is 3.60. The summed E-state index contributed by atoms with van der Waals surface area (Å²) in [6.45, 7) is 8.23. The van der Waals surface area contributed by atoms with Crippen LogP contribution in [0.25, 0.3) is 10.8 Å². The molecule has 3 nitrogen and oxygen atoms in total. The summed E-state index contributed by atoms with van der Waals surface area (Å²) in [4.78, 5) is 2.49. The first kappa shape index (κ1) is 15.3. The third-order valence-corrected chi connectivity index (χ3v) is 4.41. The highest BCUT2D eigenvalue weighted by atomic mass is 16.5. The normalized spacial score (nSPS) is 15.5. The summed E-state index contributed by atoms with van der Waals surface area (Å²) in [6, 6.07) is 12.8. The molecule has 0 radical (unpaired) electrons. The van der Waals surface area contributed by atoms with E-state index in [1.165, 1.54) is 42.3 Å². The minimum Gasteiger partial charge on any atom is -0.492 e. The van der Waals surface area contributed by atoms with Gasteiger partial charge in [-0.15, -0.1) is 0 Å². The van der Waals surface area contributed by atoms with E-state index in [1.807, 2.05) is 0 Å². The maximum absolute atomic E-state index is 6.12. The van der Waals surface area contributed by atoms with Gasteiger partial charge in [0.1, 0.15) is 12.4 Å². The van der Waals surface area contributed by atoms with E-state index in [0.717, 1.165) is 32.0 Å². The van der Waals surface area contributed by atoms with Crippen LogP contribution in [0.2, 0.25) is 0 Å². The van der Waals surface area contributed by atoms with Crippen molar-refractivity contribution in [2.45, 2.75) is 26.3 Å². The third-order valence-electron chi connectivity index (χ3n) is 4.41. The van der Waals surface area contributed by atoms with Crippen molar-refractivity contribution in [3.05, 3.63) is 42.0 Å². The molecule has 1 heterocycles. The van der Waals surface area contributed by atoms with Crippen molar-refractivity contribution in [1.82, 2.24) is 10.2 Å². The molecular weight excluding hydrogens is 272 g/mol. The highest BCUT2D eigenvalue weighted by Crippen LogP contribution is 2.28. The number of fused-ring (bicyclic) bond motifs is 1. The zero-order valence-corrected chi connectivity index (χ0v) is 13.5. The van der Waals surface area contributed by atoms with E-state index in [4.69, 9.17) is 4.74 Å². The fraction of sp³-hybridized carbons (Fsp3) is 0.474. The summed E-state index contributed by atoms with van der Waals surface area (Å²) < 4.78 is 6.12. The van der Waals surface area contributed by atoms with Gasteiger partial charge in [-0.1, -0.05) is 37.3 Å². The van der Waals surface area contributed by atoms with E-state index < -0.39 is 0 Å². The van der Waals surface area contributed by atoms with Gasteiger partial charge in [0.05, 0.1) is 0 Å². The van der Waals surface area contributed by atoms with Gasteiger partial charge in [-0.25, -0.2) is 0 Å². The first-order valence-corrected chi connectivity index (χ1v) is 8.45. The number of hydrogen-bond acceptors (Lipinski definition) is 3. The smallest absolute Gasteiger partial charge is 0.124 e. The number of rotatable bonds is 7. The first-order chi connectivity index (χ1) is 10.9. The minimum absolute atomic E-state index is 0.775. The van der Waals surface area contributed by atoms with Crippen molar-refractivity contribution in [3.63, 3.8) is 0 Å². The van der Waals surface area contributed by atoms with Crippen molar-refractivity contribution < 1.29 is 4.74 Å². The van der Waals surface area contributed by atoms with E-state index in [9.17, 15) is 0 Å². The fourth-order valence-corrected chi connectivity index (χ4v) is 3.17. The Kier molecular flexibility index (Phi) is 5.30. The number of likely N-dealkylation sites (tertiary alicyclic amines) is 1. The SMILES string of the molecule is CCNCc1c(OCCN2CCCC2)ccc2ccccc12. The van der Waals surface area contributed by atoms with Crippen LogP contribution in [-0.4, -0.2) is 37.7 Å². The fourth-order valence-electron chi connectivity index (χ4n) is 3.17. The van der Waals surface area contributed by atoms with Crippen molar-refractivity contribution in [2.75, 3.05) is 32.8 Å². The molecular formula is C19H26N2O. The Morgan fingerprint density at radius 2 is 1.91 bits per heavy atom. The summed E-state index contributed by atoms with van der Waals surface area (Å²) >= 11 is 0. The molecule has 0 aliphatic carbocycles. The van der Waals surface area contributed by atoms with E-state index >= 15 is 0 Å². The molecule has 22 heavy (non-hydrogen) atoms. The van der Waals surface area contributed by atoms with E-state index in [1.54, 1.807) is 0 Å². The number of benzene rings is 2. The lowest BCUT2D eigenvalue weighted by Gasteiger charge is -2.18. The molecule has 2 aromatic carbocycles. The van der Waals surface area contributed by atoms with Gasteiger partial charge in [0.2, 0.25) is 0 Å². The number of nitrogens with one attached hydrogen (secondary N) is 1. The van der Waals surface area contributed by atoms with Gasteiger partial charge in [0, 0.05) is 18.7 Å². The maximum Gasteiger partial charge on any atom is 0.124 e. The van der Waals surface area contributed by atoms with Gasteiger partial charge in [0.15, 0.2) is 0 Å². The van der Waals surface area contributed by atoms with Gasteiger partial charge >= 0.3 is 0 Å². The topological polar surface area (TPSA) is 24.5 Å². The maximum atomic E-state index is 6.12. The lowest BCUT2D eigenvalue weighted by Crippen LogP contribution is -2.25. The molecule has 1 aliphatic heterocycles. The van der Waals surface area contributed by atoms with E-state index in [0.29, 0.717) is 0 Å². The zero-order valence-electron chi connectivity index (χ0n) is 13.5. The van der Waals surface area contributed by atoms with Crippen LogP contribution in [0.5, 0.6) is 5.75 Å². The highest BCUT2D eigenvalue weighted by molar-refractivity contribution is 5.87. The lowest BCUT2D eigenvalue weighted by atomic mass is 10.0. The van der Waals surface area contributed by atoms with Gasteiger partial charge in [-0.05, 0) is 49.3 Å². The van der Waals surface area contributed by atoms with Crippen molar-refractivity contribution in [2.24, 2.45) is 0 Å². The minimum atomic E-state index is 0.775. The molecule has 0 atom stereocenters. The quantitative estimate of drug-likeness (QED) is 0.847. The standard InChI is InChI=1S/C19H26N2O/c1-2-20-15-18-17-8-4-3-7-16(17)9-10-19(18)22-14-13-21-11-5-6-12-21/h3-4,7-10,20H,2,5-6,11-15H2,1H3. The van der Waals surface area contributed by atoms with Gasteiger partial charge in [-0.2, -0.15) is 0 Å². The second-order valence-corrected chi connectivity index (χ2v) is 5.94. The molecule has 118 valence electrons. The molecule has 0 amide bonds. The molecule has 3 rings (SSSR count). The molecule has 1 aliphatic rings. The molecule has 0 spiro atoms. The molecule has 2 aromatic rings. The van der Waals surface area contributed by atoms with Crippen LogP contribution in [0.15, 0.2) is 36.4 Å². The number of nitrogens with zero attached hydrogens (tertiary/aromatic N) is 1. The monoisotopic (exact) mass is 298 g/mol. The highest BCUT2D eigenvalue weighted by Gasteiger charge is 2.12. The molecule has 0 saturated carbocycles. The summed E-state index contributed by atoms with van der Waals surface area (Å²) in [5.41, 5.74) is 1.28. The van der Waals surface area contributed by atoms with E-state index in [-0.39, 0.29) is 0 Å². The Hall–Kier alpha value is -1.58. The molecule has 3 heteroatoms. The molecule has 1 fully saturated rings. The Morgan fingerprint density at radius 1 is 1.09 bits per heavy atom. The molecule has 0 bridgehead atoms. The van der Waals surface area contributed by atoms with Crippen molar-refractivity contribution in [3.8, 4) is 5.75 Å². The van der Waals surface area contributed by atoms with Crippen LogP contribution >= 0.6 is 0 Å². The number of hydrogen-bond donors (Lipinski definition) is 1. The summed E-state index contributed by atoms with van der Waals surface area (Å²) in [7, 11) is 0. The van der Waals surface area contributed by atoms with Crippen molar-refractivity contribution >= 4 is 10.8 Å². The number of ether oxygens (including phenoxy) is 1. The van der Waals surface area contributed by atoms with E-state index in [2.05, 4.69) is 53.5 Å². The van der Waals surface area contributed by atoms with Crippen LogP contribution in [0.1, 0.15) is 25.3 Å². The van der Waals surface area contributed by atoms with Crippen LogP contribution in [0.3, 0.4) is 0 Å². The lowest BCUT2D eigenvalue weighted by molar-refractivity contribution is 0.236. The van der Waals surface area contributed by atoms with Crippen molar-refractivity contribution in [1.29, 1.82) is 0 Å².